The first-order valence-electron chi connectivity index (χ1n) is 6.97. The number of rotatable bonds is 2. The normalized spacial score (nSPS) is 8.69. The summed E-state index contributed by atoms with van der Waals surface area (Å²) in [5.74, 6) is -2.52. The van der Waals surface area contributed by atoms with Crippen LogP contribution in [0.15, 0.2) is 30.3 Å². The van der Waals surface area contributed by atoms with Crippen LogP contribution in [0, 0.1) is 0 Å². The average Bonchev–Trinajstić information content (AvgIpc) is 2.36. The molecule has 1 unspecified atom stereocenters. The van der Waals surface area contributed by atoms with Crippen LogP contribution >= 0.6 is 0 Å². The van der Waals surface area contributed by atoms with Crippen LogP contribution in [0.4, 0.5) is 0 Å². The SMILES string of the molecule is CC(=O)O.CC(=O)O.CC(=O)O.CC(=O)O.CC(N)Oc1ccccc1. The topological polar surface area (TPSA) is 184 Å². The molecule has 0 aliphatic carbocycles. The van der Waals surface area contributed by atoms with Gasteiger partial charge in [-0.05, 0) is 19.1 Å². The van der Waals surface area contributed by atoms with E-state index in [2.05, 4.69) is 0 Å². The van der Waals surface area contributed by atoms with Crippen molar-refractivity contribution in [2.45, 2.75) is 40.8 Å². The van der Waals surface area contributed by atoms with Gasteiger partial charge in [-0.3, -0.25) is 24.9 Å². The maximum Gasteiger partial charge on any atom is 0.300 e. The molecule has 0 saturated heterocycles. The van der Waals surface area contributed by atoms with E-state index in [1.165, 1.54) is 0 Å². The molecule has 0 bridgehead atoms. The van der Waals surface area contributed by atoms with Crippen molar-refractivity contribution in [3.8, 4) is 5.75 Å². The van der Waals surface area contributed by atoms with Crippen LogP contribution in [0.1, 0.15) is 34.6 Å². The summed E-state index contributed by atoms with van der Waals surface area (Å²) in [4.78, 5) is 36.0. The molecule has 0 aliphatic heterocycles. The Kier molecular flexibility index (Phi) is 25.8. The van der Waals surface area contributed by atoms with Crippen molar-refractivity contribution in [3.63, 3.8) is 0 Å². The molecule has 0 radical (unpaired) electrons. The lowest BCUT2D eigenvalue weighted by molar-refractivity contribution is -0.135. The van der Waals surface area contributed by atoms with Gasteiger partial charge < -0.3 is 25.2 Å². The number of aliphatic carboxylic acids is 4. The predicted octanol–water partition coefficient (Wildman–Crippen LogP) is 1.73. The molecule has 10 heteroatoms. The lowest BCUT2D eigenvalue weighted by Crippen LogP contribution is -2.22. The van der Waals surface area contributed by atoms with Crippen LogP contribution in [0.5, 0.6) is 5.75 Å². The van der Waals surface area contributed by atoms with E-state index in [-0.39, 0.29) is 6.23 Å². The van der Waals surface area contributed by atoms with E-state index in [0.29, 0.717) is 0 Å². The van der Waals surface area contributed by atoms with Gasteiger partial charge in [-0.15, -0.1) is 0 Å². The molecule has 0 aromatic heterocycles. The van der Waals surface area contributed by atoms with Crippen molar-refractivity contribution in [1.82, 2.24) is 0 Å². The second-order valence-corrected chi connectivity index (χ2v) is 4.21. The molecule has 10 nitrogen and oxygen atoms in total. The fourth-order valence-electron chi connectivity index (χ4n) is 0.714. The fourth-order valence-corrected chi connectivity index (χ4v) is 0.714. The molecular weight excluding hydrogens is 350 g/mol. The minimum absolute atomic E-state index is 0.234. The van der Waals surface area contributed by atoms with Crippen molar-refractivity contribution in [1.29, 1.82) is 0 Å². The van der Waals surface area contributed by atoms with Gasteiger partial charge in [0.05, 0.1) is 0 Å². The zero-order valence-corrected chi connectivity index (χ0v) is 15.4. The highest BCUT2D eigenvalue weighted by Crippen LogP contribution is 2.08. The summed E-state index contributed by atoms with van der Waals surface area (Å²) < 4.78 is 5.19. The number of carboxylic acid groups (broad SMARTS) is 4. The Bertz CT molecular complexity index is 438. The third kappa shape index (κ3) is 105. The standard InChI is InChI=1S/C8H11NO.4C2H4O2/c1-7(9)10-8-5-3-2-4-6-8;4*1-2(3)4/h2-7H,9H2,1H3;4*1H3,(H,3,4). The largest absolute Gasteiger partial charge is 0.481 e. The number of benzene rings is 1. The van der Waals surface area contributed by atoms with Gasteiger partial charge in [0.2, 0.25) is 0 Å². The molecule has 0 aliphatic rings. The van der Waals surface area contributed by atoms with E-state index < -0.39 is 23.9 Å². The molecule has 1 aromatic carbocycles. The Morgan fingerprint density at radius 1 is 0.769 bits per heavy atom. The Hall–Kier alpha value is -3.14. The molecular formula is C16H27NO9. The molecule has 1 aromatic rings. The summed E-state index contributed by atoms with van der Waals surface area (Å²) in [5.41, 5.74) is 5.40. The third-order valence-electron chi connectivity index (χ3n) is 1.07. The van der Waals surface area contributed by atoms with Gasteiger partial charge in [-0.1, -0.05) is 18.2 Å². The predicted molar refractivity (Wildman–Crippen MR) is 94.0 cm³/mol. The first-order valence-corrected chi connectivity index (χ1v) is 6.97. The van der Waals surface area contributed by atoms with Crippen molar-refractivity contribution >= 4 is 23.9 Å². The van der Waals surface area contributed by atoms with Crippen LogP contribution in [-0.4, -0.2) is 50.5 Å². The van der Waals surface area contributed by atoms with E-state index >= 15 is 0 Å². The molecule has 6 N–H and O–H groups in total. The van der Waals surface area contributed by atoms with Crippen LogP contribution in [-0.2, 0) is 19.2 Å². The molecule has 0 heterocycles. The van der Waals surface area contributed by atoms with Gasteiger partial charge >= 0.3 is 0 Å². The lowest BCUT2D eigenvalue weighted by Gasteiger charge is -2.07. The highest BCUT2D eigenvalue weighted by atomic mass is 16.5. The Labute approximate surface area is 151 Å². The van der Waals surface area contributed by atoms with E-state index in [1.807, 2.05) is 30.3 Å². The number of hydrogen-bond donors (Lipinski definition) is 5. The molecule has 26 heavy (non-hydrogen) atoms. The van der Waals surface area contributed by atoms with Gasteiger partial charge in [-0.25, -0.2) is 0 Å². The Morgan fingerprint density at radius 3 is 1.19 bits per heavy atom. The smallest absolute Gasteiger partial charge is 0.300 e. The summed E-state index contributed by atoms with van der Waals surface area (Å²) in [6.07, 6.45) is -0.234. The van der Waals surface area contributed by atoms with E-state index in [0.717, 1.165) is 33.4 Å². The van der Waals surface area contributed by atoms with Crippen LogP contribution < -0.4 is 10.5 Å². The molecule has 0 amide bonds. The van der Waals surface area contributed by atoms with Crippen molar-refractivity contribution < 1.29 is 44.3 Å². The van der Waals surface area contributed by atoms with Gasteiger partial charge in [0.25, 0.3) is 23.9 Å². The quantitative estimate of drug-likeness (QED) is 0.475. The highest BCUT2D eigenvalue weighted by Gasteiger charge is 1.93. The minimum atomic E-state index is -0.833. The molecule has 0 fully saturated rings. The monoisotopic (exact) mass is 377 g/mol. The summed E-state index contributed by atoms with van der Waals surface area (Å²) in [5, 5.41) is 29.7. The Balaban J connectivity index is -0.000000129. The molecule has 1 rings (SSSR count). The van der Waals surface area contributed by atoms with Crippen LogP contribution in [0.3, 0.4) is 0 Å². The van der Waals surface area contributed by atoms with E-state index in [1.54, 1.807) is 6.92 Å². The van der Waals surface area contributed by atoms with Crippen molar-refractivity contribution in [2.75, 3.05) is 0 Å². The summed E-state index contributed by atoms with van der Waals surface area (Å²) in [7, 11) is 0. The molecule has 0 spiro atoms. The zero-order chi connectivity index (χ0) is 21.7. The second-order valence-electron chi connectivity index (χ2n) is 4.21. The van der Waals surface area contributed by atoms with E-state index in [9.17, 15) is 0 Å². The fraction of sp³-hybridized carbons (Fsp3) is 0.375. The number of nitrogens with two attached hydrogens (primary N) is 1. The summed E-state index contributed by atoms with van der Waals surface area (Å²) in [6, 6.07) is 9.52. The third-order valence-corrected chi connectivity index (χ3v) is 1.07. The Morgan fingerprint density at radius 2 is 1.00 bits per heavy atom. The maximum atomic E-state index is 9.00. The number of para-hydroxylation sites is 1. The maximum absolute atomic E-state index is 9.00. The van der Waals surface area contributed by atoms with E-state index in [4.69, 9.17) is 50.1 Å². The molecule has 0 saturated carbocycles. The van der Waals surface area contributed by atoms with Crippen LogP contribution in [0.2, 0.25) is 0 Å². The van der Waals surface area contributed by atoms with Gasteiger partial charge in [0.1, 0.15) is 12.0 Å². The van der Waals surface area contributed by atoms with Crippen molar-refractivity contribution in [3.05, 3.63) is 30.3 Å². The van der Waals surface area contributed by atoms with Crippen molar-refractivity contribution in [2.24, 2.45) is 5.73 Å². The number of carbonyl (C=O) groups is 4. The second kappa shape index (κ2) is 21.9. The lowest BCUT2D eigenvalue weighted by atomic mass is 10.3. The number of carboxylic acids is 4. The summed E-state index contributed by atoms with van der Waals surface area (Å²) >= 11 is 0. The van der Waals surface area contributed by atoms with Gasteiger partial charge in [-0.2, -0.15) is 0 Å². The minimum Gasteiger partial charge on any atom is -0.481 e. The first kappa shape index (κ1) is 30.7. The average molecular weight is 377 g/mol. The zero-order valence-electron chi connectivity index (χ0n) is 15.4. The van der Waals surface area contributed by atoms with Gasteiger partial charge in [0, 0.05) is 27.7 Å². The molecule has 150 valence electrons. The summed E-state index contributed by atoms with van der Waals surface area (Å²) in [6.45, 7) is 6.13. The van der Waals surface area contributed by atoms with Gasteiger partial charge in [0.15, 0.2) is 0 Å². The van der Waals surface area contributed by atoms with Crippen LogP contribution in [0.25, 0.3) is 0 Å². The highest BCUT2D eigenvalue weighted by molar-refractivity contribution is 5.63. The first-order chi connectivity index (χ1) is 11.7. The number of hydrogen-bond acceptors (Lipinski definition) is 6. The number of ether oxygens (including phenoxy) is 1. The molecule has 1 atom stereocenters.